The van der Waals surface area contributed by atoms with E-state index in [0.717, 1.165) is 51.5 Å². The topological polar surface area (TPSA) is 53.6 Å². The van der Waals surface area contributed by atoms with E-state index in [2.05, 4.69) is 10.6 Å². The molecule has 0 bridgehead atoms. The molecule has 0 aromatic carbocycles. The molecule has 0 saturated carbocycles. The second-order valence-corrected chi connectivity index (χ2v) is 7.03. The van der Waals surface area contributed by atoms with E-state index in [1.165, 1.54) is 6.42 Å². The maximum atomic E-state index is 12.1. The van der Waals surface area contributed by atoms with E-state index in [4.69, 9.17) is 4.74 Å². The van der Waals surface area contributed by atoms with Crippen LogP contribution in [0.5, 0.6) is 0 Å². The van der Waals surface area contributed by atoms with Gasteiger partial charge >= 0.3 is 6.09 Å². The Balaban J connectivity index is 1.74. The Morgan fingerprint density at radius 1 is 1.40 bits per heavy atom. The zero-order valence-corrected chi connectivity index (χ0v) is 13.1. The van der Waals surface area contributed by atoms with Gasteiger partial charge < -0.3 is 20.3 Å². The van der Waals surface area contributed by atoms with E-state index in [0.29, 0.717) is 6.04 Å². The molecule has 20 heavy (non-hydrogen) atoms. The van der Waals surface area contributed by atoms with Crippen molar-refractivity contribution < 1.29 is 9.53 Å². The third-order valence-corrected chi connectivity index (χ3v) is 3.93. The van der Waals surface area contributed by atoms with Crippen molar-refractivity contribution in [3.63, 3.8) is 0 Å². The van der Waals surface area contributed by atoms with E-state index < -0.39 is 5.60 Å². The predicted molar refractivity (Wildman–Crippen MR) is 79.8 cm³/mol. The Labute approximate surface area is 122 Å². The summed E-state index contributed by atoms with van der Waals surface area (Å²) < 4.78 is 5.45. The first-order valence-electron chi connectivity index (χ1n) is 7.86. The zero-order valence-electron chi connectivity index (χ0n) is 13.1. The highest BCUT2D eigenvalue weighted by atomic mass is 16.6. The molecule has 0 aromatic heterocycles. The van der Waals surface area contributed by atoms with Crippen LogP contribution in [-0.2, 0) is 4.74 Å². The van der Waals surface area contributed by atoms with Crippen LogP contribution in [0.25, 0.3) is 0 Å². The van der Waals surface area contributed by atoms with Gasteiger partial charge in [0.05, 0.1) is 0 Å². The van der Waals surface area contributed by atoms with Crippen molar-refractivity contribution in [1.82, 2.24) is 15.5 Å². The average Bonchev–Trinajstić information content (AvgIpc) is 2.88. The summed E-state index contributed by atoms with van der Waals surface area (Å²) in [5.74, 6) is 0.743. The average molecular weight is 283 g/mol. The summed E-state index contributed by atoms with van der Waals surface area (Å²) in [4.78, 5) is 13.9. The number of ether oxygens (including phenoxy) is 1. The Morgan fingerprint density at radius 3 is 2.85 bits per heavy atom. The second-order valence-electron chi connectivity index (χ2n) is 7.03. The van der Waals surface area contributed by atoms with E-state index >= 15 is 0 Å². The number of amides is 1. The molecule has 2 N–H and O–H groups in total. The minimum absolute atomic E-state index is 0.175. The number of hydrogen-bond acceptors (Lipinski definition) is 4. The van der Waals surface area contributed by atoms with Crippen molar-refractivity contribution in [2.75, 3.05) is 32.7 Å². The number of carbonyl (C=O) groups is 1. The lowest BCUT2D eigenvalue weighted by Crippen LogP contribution is -2.50. The summed E-state index contributed by atoms with van der Waals surface area (Å²) in [5.41, 5.74) is -0.410. The zero-order chi connectivity index (χ0) is 14.6. The third-order valence-electron chi connectivity index (χ3n) is 3.93. The number of nitrogens with one attached hydrogen (secondary N) is 2. The van der Waals surface area contributed by atoms with Crippen LogP contribution in [0.1, 0.15) is 40.0 Å². The van der Waals surface area contributed by atoms with Gasteiger partial charge in [-0.15, -0.1) is 0 Å². The molecule has 2 rings (SSSR count). The summed E-state index contributed by atoms with van der Waals surface area (Å²) in [5, 5.41) is 7.01. The maximum Gasteiger partial charge on any atom is 0.410 e. The molecule has 2 aliphatic rings. The number of nitrogens with zero attached hydrogens (tertiary/aromatic N) is 1. The smallest absolute Gasteiger partial charge is 0.410 e. The fourth-order valence-electron chi connectivity index (χ4n) is 2.86. The van der Waals surface area contributed by atoms with E-state index in [1.807, 2.05) is 25.7 Å². The highest BCUT2D eigenvalue weighted by molar-refractivity contribution is 5.68. The van der Waals surface area contributed by atoms with Crippen LogP contribution in [0.4, 0.5) is 4.79 Å². The van der Waals surface area contributed by atoms with E-state index in [9.17, 15) is 4.79 Å². The van der Waals surface area contributed by atoms with Crippen LogP contribution >= 0.6 is 0 Å². The van der Waals surface area contributed by atoms with E-state index in [-0.39, 0.29) is 6.09 Å². The van der Waals surface area contributed by atoms with Crippen LogP contribution in [0, 0.1) is 5.92 Å². The lowest BCUT2D eigenvalue weighted by atomic mass is 10.0. The molecule has 2 aliphatic heterocycles. The summed E-state index contributed by atoms with van der Waals surface area (Å²) in [6.45, 7) is 10.6. The SMILES string of the molecule is CC(C)(C)OC(=O)N1CCCC(NCC2CCNC2)C1. The molecule has 5 heteroatoms. The van der Waals surface area contributed by atoms with Gasteiger partial charge in [0, 0.05) is 19.1 Å². The van der Waals surface area contributed by atoms with Crippen molar-refractivity contribution in [3.05, 3.63) is 0 Å². The second kappa shape index (κ2) is 6.76. The van der Waals surface area contributed by atoms with Gasteiger partial charge in [-0.2, -0.15) is 0 Å². The monoisotopic (exact) mass is 283 g/mol. The number of rotatable bonds is 3. The van der Waals surface area contributed by atoms with Gasteiger partial charge in [-0.1, -0.05) is 0 Å². The molecule has 2 fully saturated rings. The van der Waals surface area contributed by atoms with Crippen molar-refractivity contribution in [2.24, 2.45) is 5.92 Å². The van der Waals surface area contributed by atoms with Crippen molar-refractivity contribution >= 4 is 6.09 Å². The molecular weight excluding hydrogens is 254 g/mol. The minimum Gasteiger partial charge on any atom is -0.444 e. The summed E-state index contributed by atoms with van der Waals surface area (Å²) >= 11 is 0. The number of carbonyl (C=O) groups excluding carboxylic acids is 1. The lowest BCUT2D eigenvalue weighted by Gasteiger charge is -2.34. The summed E-state index contributed by atoms with van der Waals surface area (Å²) in [6.07, 6.45) is 3.29. The maximum absolute atomic E-state index is 12.1. The van der Waals surface area contributed by atoms with Gasteiger partial charge in [-0.05, 0) is 65.6 Å². The van der Waals surface area contributed by atoms with Gasteiger partial charge in [0.1, 0.15) is 5.60 Å². The standard InChI is InChI=1S/C15H29N3O2/c1-15(2,3)20-14(19)18-8-4-5-13(11-18)17-10-12-6-7-16-9-12/h12-13,16-17H,4-11H2,1-3H3. The number of likely N-dealkylation sites (tertiary alicyclic amines) is 1. The third kappa shape index (κ3) is 4.94. The normalized spacial score (nSPS) is 27.6. The van der Waals surface area contributed by atoms with Crippen LogP contribution in [0.2, 0.25) is 0 Å². The molecule has 0 spiro atoms. The summed E-state index contributed by atoms with van der Waals surface area (Å²) in [6, 6.07) is 0.414. The number of hydrogen-bond donors (Lipinski definition) is 2. The number of piperidine rings is 1. The molecule has 2 unspecified atom stereocenters. The first-order chi connectivity index (χ1) is 9.44. The first-order valence-corrected chi connectivity index (χ1v) is 7.86. The van der Waals surface area contributed by atoms with Crippen molar-refractivity contribution in [3.8, 4) is 0 Å². The molecule has 0 aliphatic carbocycles. The molecule has 2 heterocycles. The molecule has 2 atom stereocenters. The van der Waals surface area contributed by atoms with Gasteiger partial charge in [-0.25, -0.2) is 4.79 Å². The first kappa shape index (κ1) is 15.6. The quantitative estimate of drug-likeness (QED) is 0.826. The van der Waals surface area contributed by atoms with Crippen LogP contribution in [-0.4, -0.2) is 55.4 Å². The highest BCUT2D eigenvalue weighted by Crippen LogP contribution is 2.16. The lowest BCUT2D eigenvalue weighted by molar-refractivity contribution is 0.0186. The summed E-state index contributed by atoms with van der Waals surface area (Å²) in [7, 11) is 0. The highest BCUT2D eigenvalue weighted by Gasteiger charge is 2.27. The Kier molecular flexibility index (Phi) is 5.27. The van der Waals surface area contributed by atoms with Crippen LogP contribution in [0.3, 0.4) is 0 Å². The van der Waals surface area contributed by atoms with Crippen molar-refractivity contribution in [1.29, 1.82) is 0 Å². The Hall–Kier alpha value is -0.810. The van der Waals surface area contributed by atoms with Gasteiger partial charge in [-0.3, -0.25) is 0 Å². The van der Waals surface area contributed by atoms with Crippen LogP contribution < -0.4 is 10.6 Å². The molecule has 0 aromatic rings. The molecule has 2 saturated heterocycles. The molecule has 5 nitrogen and oxygen atoms in total. The molecule has 116 valence electrons. The van der Waals surface area contributed by atoms with Crippen molar-refractivity contribution in [2.45, 2.75) is 51.7 Å². The minimum atomic E-state index is -0.410. The fourth-order valence-corrected chi connectivity index (χ4v) is 2.86. The molecule has 1 amide bonds. The Morgan fingerprint density at radius 2 is 2.20 bits per heavy atom. The Bertz CT molecular complexity index is 322. The fraction of sp³-hybridized carbons (Fsp3) is 0.933. The molecular formula is C15H29N3O2. The van der Waals surface area contributed by atoms with Crippen LogP contribution in [0.15, 0.2) is 0 Å². The van der Waals surface area contributed by atoms with Gasteiger partial charge in [0.15, 0.2) is 0 Å². The largest absolute Gasteiger partial charge is 0.444 e. The molecule has 0 radical (unpaired) electrons. The van der Waals surface area contributed by atoms with E-state index in [1.54, 1.807) is 0 Å². The predicted octanol–water partition coefficient (Wildman–Crippen LogP) is 1.59. The van der Waals surface area contributed by atoms with Gasteiger partial charge in [0.25, 0.3) is 0 Å². The van der Waals surface area contributed by atoms with Gasteiger partial charge in [0.2, 0.25) is 0 Å².